The fraction of sp³-hybridized carbons (Fsp3) is 0.538. The molecule has 4 N–H and O–H groups in total. The predicted octanol–water partition coefficient (Wildman–Crippen LogP) is 3.67. The van der Waals surface area contributed by atoms with Crippen LogP contribution < -0.4 is 16.4 Å². The van der Waals surface area contributed by atoms with Gasteiger partial charge >= 0.3 is 0 Å². The Morgan fingerprint density at radius 1 is 1.06 bits per heavy atom. The highest BCUT2D eigenvalue weighted by Gasteiger charge is 2.38. The zero-order chi connectivity index (χ0) is 22.3. The summed E-state index contributed by atoms with van der Waals surface area (Å²) in [6.07, 6.45) is 8.42. The second-order valence-corrected chi connectivity index (χ2v) is 9.86. The third-order valence-corrected chi connectivity index (χ3v) is 6.64. The number of primary amides is 1. The fourth-order valence-corrected chi connectivity index (χ4v) is 4.48. The maximum Gasteiger partial charge on any atom is 0.242 e. The van der Waals surface area contributed by atoms with Crippen molar-refractivity contribution in [2.24, 2.45) is 11.7 Å². The van der Waals surface area contributed by atoms with Crippen molar-refractivity contribution in [1.29, 1.82) is 0 Å². The number of nitrogens with two attached hydrogens (primary N) is 1. The molecule has 1 atom stereocenters. The third kappa shape index (κ3) is 6.14. The Labute approximate surface area is 187 Å². The van der Waals surface area contributed by atoms with E-state index < -0.39 is 5.54 Å². The number of piperidine rings is 1. The maximum absolute atomic E-state index is 12.9. The molecule has 0 bridgehead atoms. The molecule has 1 aromatic carbocycles. The first kappa shape index (κ1) is 23.4. The maximum atomic E-state index is 12.9. The summed E-state index contributed by atoms with van der Waals surface area (Å²) in [6.45, 7) is 9.55. The van der Waals surface area contributed by atoms with E-state index in [1.54, 1.807) is 12.4 Å². The van der Waals surface area contributed by atoms with Crippen molar-refractivity contribution >= 4 is 5.91 Å². The summed E-state index contributed by atoms with van der Waals surface area (Å²) >= 11 is 0. The molecule has 1 fully saturated rings. The average molecular weight is 423 g/mol. The Morgan fingerprint density at radius 2 is 1.68 bits per heavy atom. The molecule has 2 aromatic rings. The number of benzene rings is 1. The van der Waals surface area contributed by atoms with Crippen LogP contribution in [0.5, 0.6) is 0 Å². The molecular formula is C26H38N4O. The highest BCUT2D eigenvalue weighted by Crippen LogP contribution is 2.30. The molecule has 0 saturated carbocycles. The van der Waals surface area contributed by atoms with Crippen LogP contribution in [-0.2, 0) is 22.2 Å². The van der Waals surface area contributed by atoms with Gasteiger partial charge in [0.2, 0.25) is 5.91 Å². The van der Waals surface area contributed by atoms with Gasteiger partial charge in [-0.25, -0.2) is 0 Å². The highest BCUT2D eigenvalue weighted by molar-refractivity contribution is 5.86. The van der Waals surface area contributed by atoms with Crippen LogP contribution >= 0.6 is 0 Å². The van der Waals surface area contributed by atoms with Gasteiger partial charge in [-0.15, -0.1) is 0 Å². The van der Waals surface area contributed by atoms with Crippen LogP contribution in [-0.4, -0.2) is 30.5 Å². The summed E-state index contributed by atoms with van der Waals surface area (Å²) < 4.78 is 0. The van der Waals surface area contributed by atoms with Gasteiger partial charge in [0.1, 0.15) is 5.54 Å². The van der Waals surface area contributed by atoms with E-state index in [9.17, 15) is 4.79 Å². The van der Waals surface area contributed by atoms with E-state index in [-0.39, 0.29) is 11.3 Å². The van der Waals surface area contributed by atoms with Gasteiger partial charge in [0.25, 0.3) is 0 Å². The van der Waals surface area contributed by atoms with Crippen LogP contribution in [0.25, 0.3) is 0 Å². The van der Waals surface area contributed by atoms with Crippen LogP contribution in [0.4, 0.5) is 0 Å². The minimum Gasteiger partial charge on any atom is -0.368 e. The molecule has 3 rings (SSSR count). The first-order valence-corrected chi connectivity index (χ1v) is 11.6. The van der Waals surface area contributed by atoms with Crippen molar-refractivity contribution in [1.82, 2.24) is 15.6 Å². The molecular weight excluding hydrogens is 384 g/mol. The molecule has 1 aliphatic rings. The number of aromatic nitrogens is 1. The lowest BCUT2D eigenvalue weighted by atomic mass is 9.80. The number of nitrogens with one attached hydrogen (secondary N) is 2. The SMILES string of the molecule is CC(C)(C)c1ccc(C(CCc2ccncc2)(NCCC2CCNCC2)C(N)=O)cc1. The van der Waals surface area contributed by atoms with Crippen molar-refractivity contribution in [3.63, 3.8) is 0 Å². The van der Waals surface area contributed by atoms with E-state index in [4.69, 9.17) is 5.73 Å². The molecule has 0 radical (unpaired) electrons. The molecule has 1 aromatic heterocycles. The Hall–Kier alpha value is -2.24. The van der Waals surface area contributed by atoms with E-state index in [0.29, 0.717) is 12.3 Å². The summed E-state index contributed by atoms with van der Waals surface area (Å²) in [5.41, 5.74) is 8.63. The minimum absolute atomic E-state index is 0.0629. The summed E-state index contributed by atoms with van der Waals surface area (Å²) in [4.78, 5) is 17.0. The Bertz CT molecular complexity index is 823. The van der Waals surface area contributed by atoms with Gasteiger partial charge in [0.05, 0.1) is 0 Å². The van der Waals surface area contributed by atoms with Crippen molar-refractivity contribution in [2.75, 3.05) is 19.6 Å². The van der Waals surface area contributed by atoms with Crippen LogP contribution in [0, 0.1) is 5.92 Å². The molecule has 1 unspecified atom stereocenters. The monoisotopic (exact) mass is 422 g/mol. The van der Waals surface area contributed by atoms with Crippen molar-refractivity contribution in [3.05, 3.63) is 65.5 Å². The van der Waals surface area contributed by atoms with Gasteiger partial charge in [-0.2, -0.15) is 0 Å². The number of hydrogen-bond acceptors (Lipinski definition) is 4. The summed E-state index contributed by atoms with van der Waals surface area (Å²) in [5.74, 6) is 0.387. The summed E-state index contributed by atoms with van der Waals surface area (Å²) in [6, 6.07) is 12.4. The molecule has 1 amide bonds. The third-order valence-electron chi connectivity index (χ3n) is 6.64. The topological polar surface area (TPSA) is 80.0 Å². The number of amides is 1. The molecule has 168 valence electrons. The average Bonchev–Trinajstić information content (AvgIpc) is 2.77. The number of carbonyl (C=O) groups is 1. The number of hydrogen-bond donors (Lipinski definition) is 3. The molecule has 0 aliphatic carbocycles. The fourth-order valence-electron chi connectivity index (χ4n) is 4.48. The van der Waals surface area contributed by atoms with Crippen molar-refractivity contribution in [3.8, 4) is 0 Å². The van der Waals surface area contributed by atoms with Gasteiger partial charge in [-0.1, -0.05) is 45.0 Å². The van der Waals surface area contributed by atoms with E-state index in [1.165, 1.54) is 18.4 Å². The van der Waals surface area contributed by atoms with Crippen LogP contribution in [0.3, 0.4) is 0 Å². The number of carbonyl (C=O) groups excluding carboxylic acids is 1. The number of nitrogens with zero attached hydrogens (tertiary/aromatic N) is 1. The van der Waals surface area contributed by atoms with Gasteiger partial charge in [-0.05, 0) is 91.9 Å². The van der Waals surface area contributed by atoms with Crippen LogP contribution in [0.2, 0.25) is 0 Å². The van der Waals surface area contributed by atoms with E-state index in [1.807, 2.05) is 12.1 Å². The zero-order valence-electron chi connectivity index (χ0n) is 19.3. The Morgan fingerprint density at radius 3 is 2.26 bits per heavy atom. The van der Waals surface area contributed by atoms with Crippen molar-refractivity contribution < 1.29 is 4.79 Å². The zero-order valence-corrected chi connectivity index (χ0v) is 19.3. The van der Waals surface area contributed by atoms with Gasteiger partial charge in [0.15, 0.2) is 0 Å². The first-order valence-electron chi connectivity index (χ1n) is 11.6. The van der Waals surface area contributed by atoms with Gasteiger partial charge in [0, 0.05) is 12.4 Å². The van der Waals surface area contributed by atoms with E-state index in [0.717, 1.165) is 43.6 Å². The second kappa shape index (κ2) is 10.4. The Kier molecular flexibility index (Phi) is 7.84. The van der Waals surface area contributed by atoms with Gasteiger partial charge in [-0.3, -0.25) is 15.1 Å². The van der Waals surface area contributed by atoms with E-state index >= 15 is 0 Å². The standard InChI is InChI=1S/C26H38N4O/c1-25(2,3)22-4-6-23(7-5-22)26(24(27)31,14-8-20-9-15-28-16-10-20)30-19-13-21-11-17-29-18-12-21/h4-7,9-10,15-16,21,29-30H,8,11-14,17-19H2,1-3H3,(H2,27,31). The van der Waals surface area contributed by atoms with Gasteiger partial charge < -0.3 is 11.1 Å². The first-order chi connectivity index (χ1) is 14.8. The lowest BCUT2D eigenvalue weighted by molar-refractivity contribution is -0.125. The second-order valence-electron chi connectivity index (χ2n) is 9.86. The molecule has 5 nitrogen and oxygen atoms in total. The normalized spacial score (nSPS) is 17.3. The minimum atomic E-state index is -0.882. The molecule has 5 heteroatoms. The Balaban J connectivity index is 1.83. The number of pyridine rings is 1. The molecule has 1 aliphatic heterocycles. The number of rotatable bonds is 9. The van der Waals surface area contributed by atoms with Crippen molar-refractivity contribution in [2.45, 2.75) is 63.8 Å². The summed E-state index contributed by atoms with van der Waals surface area (Å²) in [5, 5.41) is 7.04. The smallest absolute Gasteiger partial charge is 0.242 e. The van der Waals surface area contributed by atoms with E-state index in [2.05, 4.69) is 60.7 Å². The number of aryl methyl sites for hydroxylation is 1. The van der Waals surface area contributed by atoms with Crippen LogP contribution in [0.1, 0.15) is 63.1 Å². The predicted molar refractivity (Wildman–Crippen MR) is 127 cm³/mol. The highest BCUT2D eigenvalue weighted by atomic mass is 16.1. The van der Waals surface area contributed by atoms with Crippen LogP contribution in [0.15, 0.2) is 48.8 Å². The largest absolute Gasteiger partial charge is 0.368 e. The quantitative estimate of drug-likeness (QED) is 0.576. The molecule has 2 heterocycles. The molecule has 31 heavy (non-hydrogen) atoms. The summed E-state index contributed by atoms with van der Waals surface area (Å²) in [7, 11) is 0. The molecule has 1 saturated heterocycles. The lowest BCUT2D eigenvalue weighted by Crippen LogP contribution is -2.53. The lowest BCUT2D eigenvalue weighted by Gasteiger charge is -2.34. The molecule has 0 spiro atoms.